The highest BCUT2D eigenvalue weighted by Gasteiger charge is 2.31. The minimum atomic E-state index is -0.597. The summed E-state index contributed by atoms with van der Waals surface area (Å²) in [7, 11) is 0. The Bertz CT molecular complexity index is 1140. The minimum absolute atomic E-state index is 0.00460. The lowest BCUT2D eigenvalue weighted by molar-refractivity contribution is 0.159. The van der Waals surface area contributed by atoms with Crippen LogP contribution in [0.4, 0.5) is 0 Å². The summed E-state index contributed by atoms with van der Waals surface area (Å²) in [6.07, 6.45) is 5.00. The number of hydrogen-bond acceptors (Lipinski definition) is 5. The molecule has 5 N–H and O–H groups in total. The van der Waals surface area contributed by atoms with Crippen LogP contribution in [0.3, 0.4) is 0 Å². The maximum absolute atomic E-state index is 11.2. The number of aliphatic hydroxyl groups is 1. The second-order valence-corrected chi connectivity index (χ2v) is 10.1. The molecule has 0 aromatic heterocycles. The minimum Gasteiger partial charge on any atom is -0.508 e. The lowest BCUT2D eigenvalue weighted by Gasteiger charge is -2.20. The second kappa shape index (κ2) is 11.0. The second-order valence-electron chi connectivity index (χ2n) is 10.1. The standard InChI is InChI=1S/C30H36O5/c1-19-14-22(19)8-5-9-24(31)17-27-26(15-20-6-3-2-4-7-20)29(34)16-23(30(27)35)11-10-21-12-13-25(32)18-28(21)33/h2-4,6-7,12-13,16,18-19,22,24,31-35H,5,8-11,14-15,17H2,1H3. The predicted molar refractivity (Wildman–Crippen MR) is 137 cm³/mol. The first-order valence-corrected chi connectivity index (χ1v) is 12.6. The Morgan fingerprint density at radius 3 is 2.26 bits per heavy atom. The van der Waals surface area contributed by atoms with Gasteiger partial charge in [0.05, 0.1) is 6.10 Å². The van der Waals surface area contributed by atoms with Gasteiger partial charge in [-0.15, -0.1) is 0 Å². The summed E-state index contributed by atoms with van der Waals surface area (Å²) in [4.78, 5) is 0. The highest BCUT2D eigenvalue weighted by atomic mass is 16.3. The number of phenols is 4. The van der Waals surface area contributed by atoms with E-state index < -0.39 is 6.10 Å². The van der Waals surface area contributed by atoms with Crippen molar-refractivity contribution in [2.24, 2.45) is 11.8 Å². The van der Waals surface area contributed by atoms with Crippen molar-refractivity contribution in [3.63, 3.8) is 0 Å². The summed E-state index contributed by atoms with van der Waals surface area (Å²) in [6.45, 7) is 2.27. The first kappa shape index (κ1) is 24.9. The van der Waals surface area contributed by atoms with E-state index in [9.17, 15) is 25.5 Å². The third kappa shape index (κ3) is 6.49. The van der Waals surface area contributed by atoms with Gasteiger partial charge in [0.15, 0.2) is 0 Å². The zero-order valence-electron chi connectivity index (χ0n) is 20.3. The average Bonchev–Trinajstić information content (AvgIpc) is 3.53. The van der Waals surface area contributed by atoms with Gasteiger partial charge in [-0.25, -0.2) is 0 Å². The lowest BCUT2D eigenvalue weighted by Crippen LogP contribution is -2.13. The van der Waals surface area contributed by atoms with Crippen LogP contribution < -0.4 is 0 Å². The summed E-state index contributed by atoms with van der Waals surface area (Å²) in [5.41, 5.74) is 3.46. The van der Waals surface area contributed by atoms with E-state index in [2.05, 4.69) is 6.92 Å². The Morgan fingerprint density at radius 1 is 0.857 bits per heavy atom. The Morgan fingerprint density at radius 2 is 1.57 bits per heavy atom. The van der Waals surface area contributed by atoms with Crippen LogP contribution in [0.25, 0.3) is 0 Å². The van der Waals surface area contributed by atoms with Gasteiger partial charge in [0.25, 0.3) is 0 Å². The van der Waals surface area contributed by atoms with Crippen LogP contribution in [-0.2, 0) is 25.7 Å². The van der Waals surface area contributed by atoms with Crippen molar-refractivity contribution in [2.75, 3.05) is 0 Å². The fraction of sp³-hybridized carbons (Fsp3) is 0.400. The summed E-state index contributed by atoms with van der Waals surface area (Å²) in [5.74, 6) is 1.77. The summed E-state index contributed by atoms with van der Waals surface area (Å²) in [5, 5.41) is 52.7. The maximum atomic E-state index is 11.2. The molecule has 0 radical (unpaired) electrons. The largest absolute Gasteiger partial charge is 0.508 e. The van der Waals surface area contributed by atoms with Crippen LogP contribution >= 0.6 is 0 Å². The van der Waals surface area contributed by atoms with Gasteiger partial charge in [0.1, 0.15) is 23.0 Å². The molecule has 3 atom stereocenters. The van der Waals surface area contributed by atoms with Crippen molar-refractivity contribution < 1.29 is 25.5 Å². The molecule has 35 heavy (non-hydrogen) atoms. The molecule has 1 saturated carbocycles. The molecule has 0 aliphatic heterocycles. The monoisotopic (exact) mass is 476 g/mol. The van der Waals surface area contributed by atoms with E-state index in [1.807, 2.05) is 30.3 Å². The van der Waals surface area contributed by atoms with Crippen molar-refractivity contribution >= 4 is 0 Å². The Hall–Kier alpha value is -3.18. The fourth-order valence-electron chi connectivity index (χ4n) is 5.01. The van der Waals surface area contributed by atoms with Gasteiger partial charge >= 0.3 is 0 Å². The zero-order valence-corrected chi connectivity index (χ0v) is 20.3. The lowest BCUT2D eigenvalue weighted by atomic mass is 9.89. The smallest absolute Gasteiger partial charge is 0.122 e. The van der Waals surface area contributed by atoms with Crippen molar-refractivity contribution in [2.45, 2.75) is 64.4 Å². The zero-order chi connectivity index (χ0) is 24.9. The number of aryl methyl sites for hydroxylation is 2. The van der Waals surface area contributed by atoms with Crippen LogP contribution in [0, 0.1) is 11.8 Å². The van der Waals surface area contributed by atoms with Crippen molar-refractivity contribution in [3.05, 3.63) is 82.4 Å². The fourth-order valence-corrected chi connectivity index (χ4v) is 5.01. The SMILES string of the molecule is CC1CC1CCCC(O)Cc1c(O)c(CCc2ccc(O)cc2O)cc(O)c1Cc1ccccc1. The number of rotatable bonds is 11. The molecule has 3 unspecified atom stereocenters. The van der Waals surface area contributed by atoms with Crippen LogP contribution in [0.1, 0.15) is 60.4 Å². The molecule has 0 amide bonds. The molecule has 1 aliphatic carbocycles. The van der Waals surface area contributed by atoms with Gasteiger partial charge in [-0.1, -0.05) is 56.2 Å². The molecule has 0 saturated heterocycles. The van der Waals surface area contributed by atoms with Crippen molar-refractivity contribution in [1.82, 2.24) is 0 Å². The summed E-state index contributed by atoms with van der Waals surface area (Å²) in [6, 6.07) is 15.8. The van der Waals surface area contributed by atoms with Crippen LogP contribution in [0.5, 0.6) is 23.0 Å². The molecule has 3 aromatic carbocycles. The quantitative estimate of drug-likeness (QED) is 0.231. The molecule has 1 aliphatic rings. The average molecular weight is 477 g/mol. The summed E-state index contributed by atoms with van der Waals surface area (Å²) >= 11 is 0. The molecule has 1 fully saturated rings. The van der Waals surface area contributed by atoms with E-state index >= 15 is 0 Å². The van der Waals surface area contributed by atoms with E-state index in [1.54, 1.807) is 12.1 Å². The molecule has 186 valence electrons. The Balaban J connectivity index is 1.55. The maximum Gasteiger partial charge on any atom is 0.122 e. The van der Waals surface area contributed by atoms with E-state index in [0.29, 0.717) is 47.9 Å². The predicted octanol–water partition coefficient (Wildman–Crippen LogP) is 5.61. The molecule has 5 nitrogen and oxygen atoms in total. The molecular formula is C30H36O5. The first-order chi connectivity index (χ1) is 16.8. The highest BCUT2D eigenvalue weighted by Crippen LogP contribution is 2.42. The molecule has 0 bridgehead atoms. The van der Waals surface area contributed by atoms with Gasteiger partial charge in [0, 0.05) is 30.0 Å². The normalized spacial score (nSPS) is 17.9. The molecule has 5 heteroatoms. The van der Waals surface area contributed by atoms with Crippen LogP contribution in [0.2, 0.25) is 0 Å². The van der Waals surface area contributed by atoms with Gasteiger partial charge in [-0.05, 0) is 66.3 Å². The highest BCUT2D eigenvalue weighted by molar-refractivity contribution is 5.55. The Labute approximate surface area is 207 Å². The number of benzene rings is 3. The third-order valence-corrected chi connectivity index (χ3v) is 7.36. The third-order valence-electron chi connectivity index (χ3n) is 7.36. The van der Waals surface area contributed by atoms with Gasteiger partial charge in [-0.2, -0.15) is 0 Å². The molecular weight excluding hydrogens is 440 g/mol. The molecule has 0 spiro atoms. The number of aliphatic hydroxyl groups excluding tert-OH is 1. The number of phenolic OH excluding ortho intramolecular Hbond substituents is 4. The van der Waals surface area contributed by atoms with Gasteiger partial charge in [0.2, 0.25) is 0 Å². The van der Waals surface area contributed by atoms with E-state index in [0.717, 1.165) is 30.2 Å². The van der Waals surface area contributed by atoms with Crippen molar-refractivity contribution in [1.29, 1.82) is 0 Å². The van der Waals surface area contributed by atoms with Gasteiger partial charge < -0.3 is 25.5 Å². The molecule has 0 heterocycles. The topological polar surface area (TPSA) is 101 Å². The van der Waals surface area contributed by atoms with Crippen LogP contribution in [0.15, 0.2) is 54.6 Å². The summed E-state index contributed by atoms with van der Waals surface area (Å²) < 4.78 is 0. The van der Waals surface area contributed by atoms with E-state index in [1.165, 1.54) is 18.6 Å². The van der Waals surface area contributed by atoms with E-state index in [4.69, 9.17) is 0 Å². The number of aromatic hydroxyl groups is 4. The number of hydrogen-bond donors (Lipinski definition) is 5. The van der Waals surface area contributed by atoms with Gasteiger partial charge in [-0.3, -0.25) is 0 Å². The van der Waals surface area contributed by atoms with Crippen molar-refractivity contribution in [3.8, 4) is 23.0 Å². The first-order valence-electron chi connectivity index (χ1n) is 12.6. The van der Waals surface area contributed by atoms with Crippen LogP contribution in [-0.4, -0.2) is 31.6 Å². The van der Waals surface area contributed by atoms with E-state index in [-0.39, 0.29) is 29.4 Å². The molecule has 4 rings (SSSR count). The molecule has 3 aromatic rings. The Kier molecular flexibility index (Phi) is 7.86.